The second-order valence-corrected chi connectivity index (χ2v) is 3.34. The first kappa shape index (κ1) is 10.8. The zero-order chi connectivity index (χ0) is 10.6. The number of nitrogens with one attached hydrogen (secondary N) is 1. The van der Waals surface area contributed by atoms with E-state index < -0.39 is 0 Å². The highest BCUT2D eigenvalue weighted by atomic mass is 15.3. The Morgan fingerprint density at radius 1 is 1.64 bits per heavy atom. The zero-order valence-electron chi connectivity index (χ0n) is 9.26. The molecule has 0 radical (unpaired) electrons. The van der Waals surface area contributed by atoms with Crippen molar-refractivity contribution in [3.05, 3.63) is 17.5 Å². The Hall–Kier alpha value is -1.27. The summed E-state index contributed by atoms with van der Waals surface area (Å²) in [6.45, 7) is 6.78. The molecule has 0 saturated heterocycles. The highest BCUT2D eigenvalue weighted by Crippen LogP contribution is 2.15. The normalized spacial score (nSPS) is 12.0. The van der Waals surface area contributed by atoms with Gasteiger partial charge in [0.2, 0.25) is 0 Å². The quantitative estimate of drug-likeness (QED) is 0.732. The van der Waals surface area contributed by atoms with Crippen molar-refractivity contribution in [1.82, 2.24) is 15.1 Å². The van der Waals surface area contributed by atoms with E-state index in [0.29, 0.717) is 6.04 Å². The number of nitrogens with zero attached hydrogens (tertiary/aromatic N) is 2. The van der Waals surface area contributed by atoms with Crippen LogP contribution in [0.1, 0.15) is 31.1 Å². The molecular weight excluding hydrogens is 174 g/mol. The van der Waals surface area contributed by atoms with Crippen LogP contribution < -0.4 is 5.32 Å². The minimum absolute atomic E-state index is 0.310. The fraction of sp³-hybridized carbons (Fsp3) is 0.545. The molecule has 76 valence electrons. The van der Waals surface area contributed by atoms with E-state index in [1.54, 1.807) is 0 Å². The summed E-state index contributed by atoms with van der Waals surface area (Å²) in [5.74, 6) is 5.85. The lowest BCUT2D eigenvalue weighted by atomic mass is 10.1. The Kier molecular flexibility index (Phi) is 3.73. The lowest BCUT2D eigenvalue weighted by Gasteiger charge is -2.10. The van der Waals surface area contributed by atoms with Crippen LogP contribution in [0.25, 0.3) is 0 Å². The van der Waals surface area contributed by atoms with Gasteiger partial charge in [0.05, 0.1) is 12.7 Å². The molecule has 1 aromatic heterocycles. The Morgan fingerprint density at radius 2 is 2.36 bits per heavy atom. The number of hydrogen-bond acceptors (Lipinski definition) is 2. The Morgan fingerprint density at radius 3 is 2.86 bits per heavy atom. The lowest BCUT2D eigenvalue weighted by Crippen LogP contribution is -2.19. The Labute approximate surface area is 85.5 Å². The highest BCUT2D eigenvalue weighted by molar-refractivity contribution is 5.20. The van der Waals surface area contributed by atoms with E-state index in [9.17, 15) is 0 Å². The summed E-state index contributed by atoms with van der Waals surface area (Å²) >= 11 is 0. The highest BCUT2D eigenvalue weighted by Gasteiger charge is 2.10. The van der Waals surface area contributed by atoms with E-state index in [1.165, 1.54) is 11.3 Å². The molecule has 0 bridgehead atoms. The second-order valence-electron chi connectivity index (χ2n) is 3.34. The van der Waals surface area contributed by atoms with Crippen LogP contribution in [0.3, 0.4) is 0 Å². The lowest BCUT2D eigenvalue weighted by molar-refractivity contribution is 0.617. The van der Waals surface area contributed by atoms with Crippen molar-refractivity contribution >= 4 is 0 Å². The van der Waals surface area contributed by atoms with Gasteiger partial charge in [-0.2, -0.15) is 5.10 Å². The smallest absolute Gasteiger partial charge is 0.0581 e. The Bertz CT molecular complexity index is 354. The molecule has 0 aliphatic rings. The monoisotopic (exact) mass is 191 g/mol. The molecule has 0 aliphatic heterocycles. The maximum Gasteiger partial charge on any atom is 0.0581 e. The first-order valence-corrected chi connectivity index (χ1v) is 4.78. The number of aryl methyl sites for hydroxylation is 1. The molecule has 3 nitrogen and oxygen atoms in total. The Balaban J connectivity index is 2.63. The SMILES string of the molecule is CC#CCNC(C)c1cnn(C)c1C. The molecular formula is C11H17N3. The van der Waals surface area contributed by atoms with Gasteiger partial charge in [0.15, 0.2) is 0 Å². The summed E-state index contributed by atoms with van der Waals surface area (Å²) in [6.07, 6.45) is 1.91. The van der Waals surface area contributed by atoms with Gasteiger partial charge in [-0.25, -0.2) is 0 Å². The molecule has 0 amide bonds. The van der Waals surface area contributed by atoms with Crippen LogP contribution in [-0.2, 0) is 7.05 Å². The summed E-state index contributed by atoms with van der Waals surface area (Å²) in [6, 6.07) is 0.310. The summed E-state index contributed by atoms with van der Waals surface area (Å²) < 4.78 is 1.89. The average Bonchev–Trinajstić information content (AvgIpc) is 2.48. The molecule has 3 heteroatoms. The molecule has 0 saturated carbocycles. The molecule has 1 atom stereocenters. The van der Waals surface area contributed by atoms with Crippen molar-refractivity contribution in [3.8, 4) is 11.8 Å². The molecule has 1 aromatic rings. The van der Waals surface area contributed by atoms with Gasteiger partial charge in [-0.15, -0.1) is 5.92 Å². The van der Waals surface area contributed by atoms with Crippen molar-refractivity contribution < 1.29 is 0 Å². The van der Waals surface area contributed by atoms with Crippen LogP contribution in [0.5, 0.6) is 0 Å². The molecule has 1 rings (SSSR count). The fourth-order valence-electron chi connectivity index (χ4n) is 1.34. The van der Waals surface area contributed by atoms with E-state index in [2.05, 4.69) is 36.1 Å². The van der Waals surface area contributed by atoms with E-state index in [0.717, 1.165) is 6.54 Å². The topological polar surface area (TPSA) is 29.9 Å². The predicted octanol–water partition coefficient (Wildman–Crippen LogP) is 1.40. The third kappa shape index (κ3) is 2.36. The second kappa shape index (κ2) is 4.83. The van der Waals surface area contributed by atoms with Crippen LogP contribution in [0.4, 0.5) is 0 Å². The number of rotatable bonds is 3. The third-order valence-electron chi connectivity index (χ3n) is 2.41. The number of aromatic nitrogens is 2. The molecule has 1 N–H and O–H groups in total. The molecule has 14 heavy (non-hydrogen) atoms. The predicted molar refractivity (Wildman–Crippen MR) is 57.8 cm³/mol. The molecule has 0 fully saturated rings. The molecule has 0 spiro atoms. The third-order valence-corrected chi connectivity index (χ3v) is 2.41. The van der Waals surface area contributed by atoms with Crippen LogP contribution in [0.2, 0.25) is 0 Å². The zero-order valence-corrected chi connectivity index (χ0v) is 9.26. The van der Waals surface area contributed by atoms with Gasteiger partial charge in [-0.05, 0) is 20.8 Å². The van der Waals surface area contributed by atoms with Gasteiger partial charge in [0.1, 0.15) is 0 Å². The summed E-state index contributed by atoms with van der Waals surface area (Å²) in [5.41, 5.74) is 2.44. The van der Waals surface area contributed by atoms with Crippen LogP contribution in [0, 0.1) is 18.8 Å². The summed E-state index contributed by atoms with van der Waals surface area (Å²) in [4.78, 5) is 0. The van der Waals surface area contributed by atoms with Crippen LogP contribution in [0.15, 0.2) is 6.20 Å². The molecule has 1 unspecified atom stereocenters. The van der Waals surface area contributed by atoms with E-state index in [1.807, 2.05) is 24.9 Å². The maximum absolute atomic E-state index is 4.21. The minimum atomic E-state index is 0.310. The fourth-order valence-corrected chi connectivity index (χ4v) is 1.34. The van der Waals surface area contributed by atoms with E-state index >= 15 is 0 Å². The van der Waals surface area contributed by atoms with Gasteiger partial charge in [0.25, 0.3) is 0 Å². The van der Waals surface area contributed by atoms with Crippen molar-refractivity contribution in [1.29, 1.82) is 0 Å². The van der Waals surface area contributed by atoms with Crippen molar-refractivity contribution in [3.63, 3.8) is 0 Å². The van der Waals surface area contributed by atoms with Crippen LogP contribution in [-0.4, -0.2) is 16.3 Å². The van der Waals surface area contributed by atoms with Crippen molar-refractivity contribution in [2.45, 2.75) is 26.8 Å². The van der Waals surface area contributed by atoms with Gasteiger partial charge in [-0.1, -0.05) is 5.92 Å². The van der Waals surface area contributed by atoms with Gasteiger partial charge >= 0.3 is 0 Å². The first-order valence-electron chi connectivity index (χ1n) is 4.78. The summed E-state index contributed by atoms with van der Waals surface area (Å²) in [7, 11) is 1.96. The van der Waals surface area contributed by atoms with Crippen LogP contribution >= 0.6 is 0 Å². The first-order chi connectivity index (χ1) is 6.66. The van der Waals surface area contributed by atoms with E-state index in [-0.39, 0.29) is 0 Å². The summed E-state index contributed by atoms with van der Waals surface area (Å²) in [5, 5.41) is 7.53. The molecule has 1 heterocycles. The molecule has 0 aromatic carbocycles. The maximum atomic E-state index is 4.21. The van der Waals surface area contributed by atoms with Crippen molar-refractivity contribution in [2.75, 3.05) is 6.54 Å². The minimum Gasteiger partial charge on any atom is -0.299 e. The average molecular weight is 191 g/mol. The van der Waals surface area contributed by atoms with Crippen molar-refractivity contribution in [2.24, 2.45) is 7.05 Å². The van der Waals surface area contributed by atoms with Gasteiger partial charge in [-0.3, -0.25) is 10.00 Å². The van der Waals surface area contributed by atoms with Gasteiger partial charge in [0, 0.05) is 24.3 Å². The molecule has 0 aliphatic carbocycles. The van der Waals surface area contributed by atoms with E-state index in [4.69, 9.17) is 0 Å². The number of hydrogen-bond donors (Lipinski definition) is 1. The van der Waals surface area contributed by atoms with Gasteiger partial charge < -0.3 is 0 Å². The largest absolute Gasteiger partial charge is 0.299 e. The standard InChI is InChI=1S/C11H17N3/c1-5-6-7-12-9(2)11-8-13-14(4)10(11)3/h8-9,12H,7H2,1-4H3.